The van der Waals surface area contributed by atoms with E-state index in [4.69, 9.17) is 11.6 Å². The lowest BCUT2D eigenvalue weighted by atomic mass is 9.99. The molecule has 4 heteroatoms. The van der Waals surface area contributed by atoms with Crippen molar-refractivity contribution >= 4 is 11.6 Å². The molecular weight excluding hydrogens is 256 g/mol. The molecule has 0 amide bonds. The molecule has 2 aromatic rings. The van der Waals surface area contributed by atoms with Crippen LogP contribution in [0, 0.1) is 11.6 Å². The van der Waals surface area contributed by atoms with E-state index in [9.17, 15) is 8.78 Å². The van der Waals surface area contributed by atoms with Crippen molar-refractivity contribution in [1.82, 2.24) is 5.32 Å². The summed E-state index contributed by atoms with van der Waals surface area (Å²) in [6.07, 6.45) is 0. The Balaban J connectivity index is 2.38. The minimum absolute atomic E-state index is 0.0905. The number of nitrogens with one attached hydrogen (secondary N) is 1. The first kappa shape index (κ1) is 13.0. The molecule has 2 aromatic carbocycles. The van der Waals surface area contributed by atoms with Crippen LogP contribution in [-0.2, 0) is 0 Å². The molecule has 2 rings (SSSR count). The van der Waals surface area contributed by atoms with E-state index in [0.29, 0.717) is 0 Å². The Morgan fingerprint density at radius 3 is 2.17 bits per heavy atom. The van der Waals surface area contributed by atoms with Gasteiger partial charge in [0, 0.05) is 0 Å². The van der Waals surface area contributed by atoms with Crippen molar-refractivity contribution in [3.8, 4) is 0 Å². The van der Waals surface area contributed by atoms with Gasteiger partial charge in [0.2, 0.25) is 0 Å². The third-order valence-corrected chi connectivity index (χ3v) is 3.08. The lowest BCUT2D eigenvalue weighted by Gasteiger charge is -2.17. The molecule has 0 bridgehead atoms. The van der Waals surface area contributed by atoms with Gasteiger partial charge >= 0.3 is 0 Å². The molecule has 0 aromatic heterocycles. The van der Waals surface area contributed by atoms with Crippen molar-refractivity contribution in [1.29, 1.82) is 0 Å². The van der Waals surface area contributed by atoms with E-state index in [2.05, 4.69) is 5.32 Å². The van der Waals surface area contributed by atoms with Crippen molar-refractivity contribution < 1.29 is 8.78 Å². The summed E-state index contributed by atoms with van der Waals surface area (Å²) in [6, 6.07) is 10.5. The van der Waals surface area contributed by atoms with Crippen LogP contribution in [0.4, 0.5) is 8.78 Å². The number of benzene rings is 2. The van der Waals surface area contributed by atoms with E-state index in [1.807, 2.05) is 0 Å². The summed E-state index contributed by atoms with van der Waals surface area (Å²) < 4.78 is 26.3. The largest absolute Gasteiger partial charge is 0.309 e. The van der Waals surface area contributed by atoms with Crippen molar-refractivity contribution in [3.05, 3.63) is 70.2 Å². The van der Waals surface area contributed by atoms with Crippen molar-refractivity contribution in [3.63, 3.8) is 0 Å². The summed E-state index contributed by atoms with van der Waals surface area (Å²) in [5, 5.41) is 3.16. The average Bonchev–Trinajstić information content (AvgIpc) is 2.37. The fourth-order valence-corrected chi connectivity index (χ4v) is 1.99. The molecule has 0 saturated carbocycles. The Labute approximate surface area is 109 Å². The van der Waals surface area contributed by atoms with Crippen LogP contribution in [0.2, 0.25) is 5.02 Å². The molecular formula is C14H12ClF2N. The van der Waals surface area contributed by atoms with Crippen LogP contribution in [0.15, 0.2) is 42.5 Å². The standard InChI is InChI=1S/C14H12ClF2N/c1-18-14(9-2-5-11(16)6-3-9)10-4-7-12(15)13(17)8-10/h2-8,14,18H,1H3. The maximum atomic E-state index is 13.4. The quantitative estimate of drug-likeness (QED) is 0.889. The van der Waals surface area contributed by atoms with E-state index >= 15 is 0 Å². The van der Waals surface area contributed by atoms with Gasteiger partial charge in [0.15, 0.2) is 0 Å². The first-order valence-corrected chi connectivity index (χ1v) is 5.87. The van der Waals surface area contributed by atoms with Crippen LogP contribution in [0.25, 0.3) is 0 Å². The second kappa shape index (κ2) is 5.46. The minimum atomic E-state index is -0.462. The van der Waals surface area contributed by atoms with E-state index < -0.39 is 5.82 Å². The SMILES string of the molecule is CNC(c1ccc(F)cc1)c1ccc(Cl)c(F)c1. The number of hydrogen-bond acceptors (Lipinski definition) is 1. The Morgan fingerprint density at radius 1 is 1.00 bits per heavy atom. The summed E-state index contributed by atoms with van der Waals surface area (Å²) in [5.41, 5.74) is 1.60. The maximum absolute atomic E-state index is 13.4. The third-order valence-electron chi connectivity index (χ3n) is 2.77. The molecule has 0 spiro atoms. The topological polar surface area (TPSA) is 12.0 Å². The Morgan fingerprint density at radius 2 is 1.61 bits per heavy atom. The smallest absolute Gasteiger partial charge is 0.142 e. The van der Waals surface area contributed by atoms with Crippen LogP contribution in [0.5, 0.6) is 0 Å². The van der Waals surface area contributed by atoms with Crippen molar-refractivity contribution in [2.45, 2.75) is 6.04 Å². The molecule has 18 heavy (non-hydrogen) atoms. The van der Waals surface area contributed by atoms with Gasteiger partial charge in [0.1, 0.15) is 11.6 Å². The highest BCUT2D eigenvalue weighted by Crippen LogP contribution is 2.25. The van der Waals surface area contributed by atoms with Gasteiger partial charge in [0.25, 0.3) is 0 Å². The zero-order valence-corrected chi connectivity index (χ0v) is 10.5. The summed E-state index contributed by atoms with van der Waals surface area (Å²) in [4.78, 5) is 0. The fourth-order valence-electron chi connectivity index (χ4n) is 1.87. The molecule has 0 saturated heterocycles. The molecule has 0 fully saturated rings. The average molecular weight is 268 g/mol. The van der Waals surface area contributed by atoms with Gasteiger partial charge in [-0.1, -0.05) is 29.8 Å². The Bertz CT molecular complexity index is 540. The van der Waals surface area contributed by atoms with Crippen LogP contribution in [0.3, 0.4) is 0 Å². The molecule has 0 aliphatic carbocycles. The second-order valence-corrected chi connectivity index (χ2v) is 4.35. The molecule has 1 nitrogen and oxygen atoms in total. The molecule has 94 valence electrons. The van der Waals surface area contributed by atoms with Gasteiger partial charge in [-0.2, -0.15) is 0 Å². The first-order chi connectivity index (χ1) is 8.61. The van der Waals surface area contributed by atoms with E-state index in [0.717, 1.165) is 11.1 Å². The highest BCUT2D eigenvalue weighted by Gasteiger charge is 2.13. The predicted octanol–water partition coefficient (Wildman–Crippen LogP) is 3.93. The Hall–Kier alpha value is -1.45. The van der Waals surface area contributed by atoms with Gasteiger partial charge < -0.3 is 5.32 Å². The molecule has 0 aliphatic heterocycles. The zero-order chi connectivity index (χ0) is 13.1. The van der Waals surface area contributed by atoms with E-state index in [1.165, 1.54) is 24.3 Å². The van der Waals surface area contributed by atoms with Gasteiger partial charge in [-0.25, -0.2) is 8.78 Å². The monoisotopic (exact) mass is 267 g/mol. The van der Waals surface area contributed by atoms with Crippen LogP contribution < -0.4 is 5.32 Å². The van der Waals surface area contributed by atoms with Crippen molar-refractivity contribution in [2.75, 3.05) is 7.05 Å². The van der Waals surface area contributed by atoms with Gasteiger partial charge in [0.05, 0.1) is 11.1 Å². The summed E-state index contributed by atoms with van der Waals surface area (Å²) in [7, 11) is 1.76. The van der Waals surface area contributed by atoms with Gasteiger partial charge in [-0.15, -0.1) is 0 Å². The summed E-state index contributed by atoms with van der Waals surface area (Å²) >= 11 is 5.65. The van der Waals surface area contributed by atoms with Crippen LogP contribution >= 0.6 is 11.6 Å². The molecule has 0 heterocycles. The van der Waals surface area contributed by atoms with Crippen LogP contribution in [-0.4, -0.2) is 7.05 Å². The zero-order valence-electron chi connectivity index (χ0n) is 9.75. The molecule has 1 N–H and O–H groups in total. The number of halogens is 3. The highest BCUT2D eigenvalue weighted by atomic mass is 35.5. The van der Waals surface area contributed by atoms with Gasteiger partial charge in [-0.3, -0.25) is 0 Å². The normalized spacial score (nSPS) is 12.4. The Kier molecular flexibility index (Phi) is 3.94. The van der Waals surface area contributed by atoms with E-state index in [-0.39, 0.29) is 16.9 Å². The fraction of sp³-hybridized carbons (Fsp3) is 0.143. The third kappa shape index (κ3) is 2.68. The van der Waals surface area contributed by atoms with E-state index in [1.54, 1.807) is 25.2 Å². The lowest BCUT2D eigenvalue weighted by Crippen LogP contribution is -2.17. The van der Waals surface area contributed by atoms with Crippen LogP contribution in [0.1, 0.15) is 17.2 Å². The first-order valence-electron chi connectivity index (χ1n) is 5.49. The maximum Gasteiger partial charge on any atom is 0.142 e. The minimum Gasteiger partial charge on any atom is -0.309 e. The summed E-state index contributed by atoms with van der Waals surface area (Å²) in [6.45, 7) is 0. The summed E-state index contributed by atoms with van der Waals surface area (Å²) in [5.74, 6) is -0.757. The second-order valence-electron chi connectivity index (χ2n) is 3.95. The molecule has 0 radical (unpaired) electrons. The molecule has 0 aliphatic rings. The number of hydrogen-bond donors (Lipinski definition) is 1. The molecule has 1 unspecified atom stereocenters. The predicted molar refractivity (Wildman–Crippen MR) is 68.7 cm³/mol. The van der Waals surface area contributed by atoms with Gasteiger partial charge in [-0.05, 0) is 42.4 Å². The number of rotatable bonds is 3. The highest BCUT2D eigenvalue weighted by molar-refractivity contribution is 6.30. The molecule has 1 atom stereocenters. The van der Waals surface area contributed by atoms with Crippen molar-refractivity contribution in [2.24, 2.45) is 0 Å². The lowest BCUT2D eigenvalue weighted by molar-refractivity contribution is 0.613.